The summed E-state index contributed by atoms with van der Waals surface area (Å²) in [5.74, 6) is -0.670. The van der Waals surface area contributed by atoms with Crippen molar-refractivity contribution in [1.82, 2.24) is 15.1 Å². The van der Waals surface area contributed by atoms with Crippen molar-refractivity contribution in [3.63, 3.8) is 0 Å². The molecule has 0 saturated carbocycles. The average Bonchev–Trinajstić information content (AvgIpc) is 3.55. The summed E-state index contributed by atoms with van der Waals surface area (Å²) in [6.07, 6.45) is 5.57. The molecule has 3 aromatic rings. The number of para-hydroxylation sites is 1. The van der Waals surface area contributed by atoms with E-state index in [0.717, 1.165) is 22.9 Å². The molecule has 196 valence electrons. The lowest BCUT2D eigenvalue weighted by molar-refractivity contribution is -0.136. The van der Waals surface area contributed by atoms with Gasteiger partial charge in [0.25, 0.3) is 6.85 Å². The molecule has 37 heavy (non-hydrogen) atoms. The number of nitrogens with one attached hydrogen (secondary N) is 1. The molecule has 9 heteroatoms. The van der Waals surface area contributed by atoms with Gasteiger partial charge in [0.05, 0.1) is 28.8 Å². The highest BCUT2D eigenvalue weighted by atomic mass is 32.1. The first-order valence-electron chi connectivity index (χ1n) is 13.1. The summed E-state index contributed by atoms with van der Waals surface area (Å²) in [5, 5.41) is 3.06. The molecule has 2 fully saturated rings. The fourth-order valence-corrected chi connectivity index (χ4v) is 5.23. The van der Waals surface area contributed by atoms with Crippen LogP contribution in [0.5, 0.6) is 0 Å². The zero-order valence-electron chi connectivity index (χ0n) is 22.0. The third-order valence-electron chi connectivity index (χ3n) is 6.58. The summed E-state index contributed by atoms with van der Waals surface area (Å²) in [6.45, 7) is 6.42. The lowest BCUT2D eigenvalue weighted by Crippen LogP contribution is -2.58. The van der Waals surface area contributed by atoms with E-state index in [4.69, 9.17) is 5.73 Å². The van der Waals surface area contributed by atoms with Crippen LogP contribution in [0.3, 0.4) is 0 Å². The monoisotopic (exact) mass is 520 g/mol. The summed E-state index contributed by atoms with van der Waals surface area (Å²) in [5.41, 5.74) is 7.95. The molecule has 0 aliphatic carbocycles. The van der Waals surface area contributed by atoms with Crippen molar-refractivity contribution in [1.29, 1.82) is 0 Å². The minimum Gasteiger partial charge on any atom is -0.374 e. The van der Waals surface area contributed by atoms with Gasteiger partial charge in [0.1, 0.15) is 0 Å². The lowest BCUT2D eigenvalue weighted by atomic mass is 9.53. The van der Waals surface area contributed by atoms with Crippen LogP contribution < -0.4 is 11.1 Å². The van der Waals surface area contributed by atoms with E-state index in [-0.39, 0.29) is 31.0 Å². The number of rotatable bonds is 5. The van der Waals surface area contributed by atoms with Crippen molar-refractivity contribution >= 4 is 46.0 Å². The number of amides is 2. The lowest BCUT2D eigenvalue weighted by Gasteiger charge is -2.35. The number of aryl methyl sites for hydroxylation is 1. The first-order chi connectivity index (χ1) is 17.8. The van der Waals surface area contributed by atoms with Gasteiger partial charge in [-0.1, -0.05) is 87.4 Å². The zero-order chi connectivity index (χ0) is 26.8. The molecule has 2 amide bonds. The predicted octanol–water partition coefficient (Wildman–Crippen LogP) is 4.72. The number of hydrogen-bond acceptors (Lipinski definition) is 6. The molecule has 7 nitrogen and oxygen atoms in total. The van der Waals surface area contributed by atoms with Crippen LogP contribution in [-0.2, 0) is 9.59 Å². The van der Waals surface area contributed by atoms with E-state index in [9.17, 15) is 14.4 Å². The molecule has 2 saturated heterocycles. The zero-order valence-corrected chi connectivity index (χ0v) is 22.8. The van der Waals surface area contributed by atoms with Crippen LogP contribution >= 0.6 is 11.3 Å². The van der Waals surface area contributed by atoms with Gasteiger partial charge in [-0.05, 0) is 31.9 Å². The first kappa shape index (κ1) is 28.5. The number of ketones is 1. The quantitative estimate of drug-likeness (QED) is 0.374. The van der Waals surface area contributed by atoms with E-state index in [1.165, 1.54) is 29.7 Å². The van der Waals surface area contributed by atoms with Gasteiger partial charge in [0.15, 0.2) is 5.01 Å². The molecule has 2 aliphatic rings. The van der Waals surface area contributed by atoms with Gasteiger partial charge >= 0.3 is 0 Å². The van der Waals surface area contributed by atoms with E-state index in [2.05, 4.69) is 43.2 Å². The van der Waals surface area contributed by atoms with Gasteiger partial charge in [-0.2, -0.15) is 0 Å². The summed E-state index contributed by atoms with van der Waals surface area (Å²) < 4.78 is 0.939. The Morgan fingerprint density at radius 3 is 2.32 bits per heavy atom. The molecule has 1 aromatic heterocycles. The second kappa shape index (κ2) is 14.0. The molecule has 0 radical (unpaired) electrons. The normalized spacial score (nSPS) is 18.3. The third kappa shape index (κ3) is 7.73. The maximum atomic E-state index is 12.5. The summed E-state index contributed by atoms with van der Waals surface area (Å²) >= 11 is 1.32. The largest absolute Gasteiger partial charge is 0.374 e. The molecule has 1 unspecified atom stereocenters. The molecule has 3 heterocycles. The van der Waals surface area contributed by atoms with Gasteiger partial charge in [0.2, 0.25) is 17.6 Å². The molecule has 2 atom stereocenters. The van der Waals surface area contributed by atoms with Crippen LogP contribution in [0.15, 0.2) is 54.6 Å². The Balaban J connectivity index is 0.000000289. The number of thiazole rings is 1. The Kier molecular flexibility index (Phi) is 10.8. The van der Waals surface area contributed by atoms with Crippen LogP contribution in [0.2, 0.25) is 12.6 Å². The number of fused-ring (bicyclic) bond motifs is 2. The number of hydrogen-bond donors (Lipinski definition) is 2. The van der Waals surface area contributed by atoms with Gasteiger partial charge in [-0.3, -0.25) is 14.4 Å². The Labute approximate surface area is 223 Å². The molecule has 0 spiro atoms. The van der Waals surface area contributed by atoms with Crippen LogP contribution in [0.4, 0.5) is 0 Å². The highest BCUT2D eigenvalue weighted by Crippen LogP contribution is 2.30. The van der Waals surface area contributed by atoms with Gasteiger partial charge in [0, 0.05) is 0 Å². The predicted molar refractivity (Wildman–Crippen MR) is 152 cm³/mol. The Hall–Kier alpha value is -3.04. The number of Topliss-reactive ketones (excluding diaryl/α,β-unsaturated/α-hetero) is 1. The third-order valence-corrected chi connectivity index (χ3v) is 7.66. The molecular formula is C28H37BN4O3S. The maximum absolute atomic E-state index is 12.5. The molecular weight excluding hydrogens is 483 g/mol. The highest BCUT2D eigenvalue weighted by molar-refractivity contribution is 7.20. The van der Waals surface area contributed by atoms with Crippen molar-refractivity contribution < 1.29 is 14.4 Å². The first-order valence-corrected chi connectivity index (χ1v) is 13.9. The minimum atomic E-state index is -0.526. The van der Waals surface area contributed by atoms with Crippen LogP contribution in [0.25, 0.3) is 10.2 Å². The van der Waals surface area contributed by atoms with E-state index < -0.39 is 12.1 Å². The Morgan fingerprint density at radius 2 is 1.70 bits per heavy atom. The average molecular weight is 521 g/mol. The number of benzene rings is 2. The fourth-order valence-electron chi connectivity index (χ4n) is 4.33. The number of nitrogens with zero attached hydrogens (tertiary/aromatic N) is 2. The Morgan fingerprint density at radius 1 is 1.05 bits per heavy atom. The molecule has 3 N–H and O–H groups in total. The molecule has 0 bridgehead atoms. The summed E-state index contributed by atoms with van der Waals surface area (Å²) in [7, 11) is 0. The number of carbonyl (C=O) groups is 3. The number of aromatic nitrogens is 1. The summed E-state index contributed by atoms with van der Waals surface area (Å²) in [6, 6.07) is 16.7. The Bertz CT molecular complexity index is 1150. The van der Waals surface area contributed by atoms with Gasteiger partial charge in [-0.25, -0.2) is 4.98 Å². The molecule has 5 rings (SSSR count). The topological polar surface area (TPSA) is 105 Å². The smallest absolute Gasteiger partial charge is 0.259 e. The molecule has 2 aliphatic heterocycles. The van der Waals surface area contributed by atoms with Gasteiger partial charge < -0.3 is 15.9 Å². The standard InChI is InChI=1S/C17H19BN4O3S.C7H8.C4H10/c19-10-5-7-18-8-6-12(22(18)17(10)25)15(24)20-9-13(23)16-21-11-3-1-2-4-14(11)26-16;1-7-5-3-2-4-6-7;1-3-4-2/h1-4,10,12H,5-9,19H2,(H,20,24);2-6H,1H3;3-4H2,1-2H3/t10?,12-;;/m0../s1. The van der Waals surface area contributed by atoms with E-state index >= 15 is 0 Å². The van der Waals surface area contributed by atoms with Crippen molar-refractivity contribution in [3.05, 3.63) is 65.2 Å². The SMILES string of the molecule is CCCC.Cc1ccccc1.NC1CCB2CC[C@@H](C(=O)NCC(=O)c3nc4ccccc4s3)N2C1=O. The van der Waals surface area contributed by atoms with E-state index in [0.29, 0.717) is 17.8 Å². The second-order valence-corrected chi connectivity index (χ2v) is 10.5. The van der Waals surface area contributed by atoms with Crippen LogP contribution in [0.1, 0.15) is 54.9 Å². The van der Waals surface area contributed by atoms with Crippen molar-refractivity contribution in [3.8, 4) is 0 Å². The van der Waals surface area contributed by atoms with Crippen molar-refractivity contribution in [2.75, 3.05) is 6.54 Å². The number of nitrogens with two attached hydrogens (primary N) is 1. The van der Waals surface area contributed by atoms with Crippen molar-refractivity contribution in [2.24, 2.45) is 5.73 Å². The van der Waals surface area contributed by atoms with E-state index in [1.807, 2.05) is 42.5 Å². The van der Waals surface area contributed by atoms with Crippen LogP contribution in [0, 0.1) is 6.92 Å². The van der Waals surface area contributed by atoms with E-state index in [1.54, 1.807) is 4.81 Å². The highest BCUT2D eigenvalue weighted by Gasteiger charge is 2.47. The summed E-state index contributed by atoms with van der Waals surface area (Å²) in [4.78, 5) is 43.2. The second-order valence-electron chi connectivity index (χ2n) is 9.46. The van der Waals surface area contributed by atoms with Crippen LogP contribution in [-0.4, -0.2) is 52.9 Å². The number of carbonyl (C=O) groups excluding carboxylic acids is 3. The van der Waals surface area contributed by atoms with Gasteiger partial charge in [-0.15, -0.1) is 11.3 Å². The fraction of sp³-hybridized carbons (Fsp3) is 0.429. The minimum absolute atomic E-state index is 0.0954. The number of unbranched alkanes of at least 4 members (excludes halogenated alkanes) is 1. The molecule has 2 aromatic carbocycles. The maximum Gasteiger partial charge on any atom is 0.259 e. The van der Waals surface area contributed by atoms with Crippen molar-refractivity contribution in [2.45, 2.75) is 71.2 Å².